The van der Waals surface area contributed by atoms with Gasteiger partial charge in [-0.2, -0.15) is 0 Å². The summed E-state index contributed by atoms with van der Waals surface area (Å²) < 4.78 is 31.8. The third kappa shape index (κ3) is 6.61. The van der Waals surface area contributed by atoms with Crippen molar-refractivity contribution in [2.24, 2.45) is 0 Å². The molecule has 0 unspecified atom stereocenters. The van der Waals surface area contributed by atoms with Gasteiger partial charge in [0, 0.05) is 0 Å². The molecule has 0 atom stereocenters. The molecule has 0 aromatic rings. The van der Waals surface area contributed by atoms with Crippen LogP contribution in [-0.2, 0) is 28.4 Å². The quantitative estimate of drug-likeness (QED) is 0.665. The van der Waals surface area contributed by atoms with Crippen molar-refractivity contribution in [3.05, 3.63) is 25.7 Å². The monoisotopic (exact) mass is 260 g/mol. The van der Waals surface area contributed by atoms with Gasteiger partial charge in [-0.05, 0) is 0 Å². The lowest BCUT2D eigenvalue weighted by Gasteiger charge is -2.23. The van der Waals surface area contributed by atoms with Crippen LogP contribution in [0.25, 0.3) is 0 Å². The summed E-state index contributed by atoms with van der Waals surface area (Å²) in [5, 5.41) is 0. The van der Waals surface area contributed by atoms with Crippen molar-refractivity contribution in [3.8, 4) is 0 Å². The maximum atomic E-state index is 5.44. The van der Waals surface area contributed by atoms with Crippen LogP contribution < -0.4 is 0 Å². The molecule has 6 nitrogen and oxygen atoms in total. The summed E-state index contributed by atoms with van der Waals surface area (Å²) in [6, 6.07) is 0. The van der Waals surface area contributed by atoms with Gasteiger partial charge in [0.15, 0.2) is 12.6 Å². The molecule has 0 aromatic carbocycles. The third-order valence-electron chi connectivity index (χ3n) is 2.08. The average molecular weight is 260 g/mol. The number of rotatable bonds is 6. The lowest BCUT2D eigenvalue weighted by Crippen LogP contribution is -2.32. The predicted molar refractivity (Wildman–Crippen MR) is 63.7 cm³/mol. The molecule has 0 aliphatic carbocycles. The minimum atomic E-state index is -0.434. The van der Waals surface area contributed by atoms with Crippen LogP contribution in [0.15, 0.2) is 25.7 Å². The molecule has 0 aromatic heterocycles. The van der Waals surface area contributed by atoms with Gasteiger partial charge in [0.1, 0.15) is 13.2 Å². The SMILES string of the molecule is C=COCC1OCCOC(COC=C)OCCO1. The third-order valence-corrected chi connectivity index (χ3v) is 2.08. The molecule has 0 spiro atoms. The van der Waals surface area contributed by atoms with Gasteiger partial charge < -0.3 is 28.4 Å². The summed E-state index contributed by atoms with van der Waals surface area (Å²) in [6.45, 7) is 9.06. The molecule has 0 saturated carbocycles. The molecule has 1 aliphatic heterocycles. The van der Waals surface area contributed by atoms with E-state index < -0.39 is 12.6 Å². The smallest absolute Gasteiger partial charge is 0.191 e. The standard InChI is InChI=1S/C12H20O6/c1-3-13-9-11-15-5-7-17-12(10-14-4-2)18-8-6-16-11/h3-4,11-12H,1-2,5-10H2. The second-order valence-corrected chi connectivity index (χ2v) is 3.34. The molecular formula is C12H20O6. The fourth-order valence-electron chi connectivity index (χ4n) is 1.30. The van der Waals surface area contributed by atoms with Gasteiger partial charge in [-0.25, -0.2) is 0 Å². The minimum Gasteiger partial charge on any atom is -0.497 e. The summed E-state index contributed by atoms with van der Waals surface area (Å²) >= 11 is 0. The molecule has 18 heavy (non-hydrogen) atoms. The highest BCUT2D eigenvalue weighted by Crippen LogP contribution is 2.03. The van der Waals surface area contributed by atoms with E-state index in [9.17, 15) is 0 Å². The predicted octanol–water partition coefficient (Wildman–Crippen LogP) is 1.04. The van der Waals surface area contributed by atoms with Crippen molar-refractivity contribution in [1.82, 2.24) is 0 Å². The zero-order valence-corrected chi connectivity index (χ0v) is 10.4. The first-order valence-corrected chi connectivity index (χ1v) is 5.78. The molecule has 1 rings (SSSR count). The van der Waals surface area contributed by atoms with Crippen LogP contribution in [0.2, 0.25) is 0 Å². The first kappa shape index (κ1) is 15.0. The molecule has 0 radical (unpaired) electrons. The fraction of sp³-hybridized carbons (Fsp3) is 0.667. The van der Waals surface area contributed by atoms with Gasteiger partial charge in [-0.1, -0.05) is 13.2 Å². The van der Waals surface area contributed by atoms with Crippen LogP contribution in [0.3, 0.4) is 0 Å². The minimum absolute atomic E-state index is 0.298. The molecule has 1 saturated heterocycles. The zero-order valence-electron chi connectivity index (χ0n) is 10.4. The molecule has 1 heterocycles. The first-order chi connectivity index (χ1) is 8.86. The number of ether oxygens (including phenoxy) is 6. The van der Waals surface area contributed by atoms with E-state index in [2.05, 4.69) is 13.2 Å². The topological polar surface area (TPSA) is 55.4 Å². The average Bonchev–Trinajstić information content (AvgIpc) is 2.41. The number of hydrogen-bond acceptors (Lipinski definition) is 6. The van der Waals surface area contributed by atoms with Gasteiger partial charge in [-0.15, -0.1) is 0 Å². The highest BCUT2D eigenvalue weighted by Gasteiger charge is 2.15. The van der Waals surface area contributed by atoms with Crippen LogP contribution >= 0.6 is 0 Å². The Bertz CT molecular complexity index is 197. The highest BCUT2D eigenvalue weighted by molar-refractivity contribution is 4.55. The van der Waals surface area contributed by atoms with E-state index in [0.717, 1.165) is 0 Å². The largest absolute Gasteiger partial charge is 0.497 e. The molecule has 0 amide bonds. The fourth-order valence-corrected chi connectivity index (χ4v) is 1.30. The molecule has 0 N–H and O–H groups in total. The van der Waals surface area contributed by atoms with Crippen molar-refractivity contribution in [3.63, 3.8) is 0 Å². The maximum Gasteiger partial charge on any atom is 0.191 e. The normalized spacial score (nSPS) is 26.0. The van der Waals surface area contributed by atoms with Gasteiger partial charge in [0.25, 0.3) is 0 Å². The zero-order chi connectivity index (χ0) is 13.1. The van der Waals surface area contributed by atoms with Gasteiger partial charge in [0.2, 0.25) is 0 Å². The van der Waals surface area contributed by atoms with E-state index >= 15 is 0 Å². The molecule has 6 heteroatoms. The maximum absolute atomic E-state index is 5.44. The van der Waals surface area contributed by atoms with Gasteiger partial charge >= 0.3 is 0 Å². The van der Waals surface area contributed by atoms with Gasteiger partial charge in [-0.3, -0.25) is 0 Å². The van der Waals surface area contributed by atoms with Crippen LogP contribution in [0.1, 0.15) is 0 Å². The second kappa shape index (κ2) is 9.90. The summed E-state index contributed by atoms with van der Waals surface area (Å²) in [4.78, 5) is 0. The van der Waals surface area contributed by atoms with Crippen molar-refractivity contribution in [2.75, 3.05) is 39.6 Å². The van der Waals surface area contributed by atoms with Crippen LogP contribution in [-0.4, -0.2) is 52.2 Å². The Hall–Kier alpha value is -1.08. The Kier molecular flexibility index (Phi) is 8.24. The Morgan fingerprint density at radius 1 is 0.778 bits per heavy atom. The summed E-state index contributed by atoms with van der Waals surface area (Å²) in [5.74, 6) is 0. The summed E-state index contributed by atoms with van der Waals surface area (Å²) in [7, 11) is 0. The second-order valence-electron chi connectivity index (χ2n) is 3.34. The van der Waals surface area contributed by atoms with E-state index in [1.807, 2.05) is 0 Å². The Balaban J connectivity index is 2.26. The highest BCUT2D eigenvalue weighted by atomic mass is 16.7. The van der Waals surface area contributed by atoms with Crippen molar-refractivity contribution >= 4 is 0 Å². The van der Waals surface area contributed by atoms with E-state index in [-0.39, 0.29) is 0 Å². The van der Waals surface area contributed by atoms with Crippen molar-refractivity contribution in [1.29, 1.82) is 0 Å². The van der Waals surface area contributed by atoms with E-state index in [0.29, 0.717) is 39.6 Å². The summed E-state index contributed by atoms with van der Waals surface area (Å²) in [5.41, 5.74) is 0. The Morgan fingerprint density at radius 2 is 1.11 bits per heavy atom. The molecule has 1 fully saturated rings. The van der Waals surface area contributed by atoms with Crippen molar-refractivity contribution in [2.45, 2.75) is 12.6 Å². The molecular weight excluding hydrogens is 240 g/mol. The first-order valence-electron chi connectivity index (χ1n) is 5.78. The van der Waals surface area contributed by atoms with Crippen LogP contribution in [0.5, 0.6) is 0 Å². The summed E-state index contributed by atoms with van der Waals surface area (Å²) in [6.07, 6.45) is 1.83. The van der Waals surface area contributed by atoms with E-state index in [1.54, 1.807) is 0 Å². The molecule has 104 valence electrons. The van der Waals surface area contributed by atoms with E-state index in [4.69, 9.17) is 28.4 Å². The Morgan fingerprint density at radius 3 is 1.39 bits per heavy atom. The van der Waals surface area contributed by atoms with Crippen molar-refractivity contribution < 1.29 is 28.4 Å². The van der Waals surface area contributed by atoms with E-state index in [1.165, 1.54) is 12.5 Å². The number of hydrogen-bond donors (Lipinski definition) is 0. The lowest BCUT2D eigenvalue weighted by molar-refractivity contribution is -0.229. The van der Waals surface area contributed by atoms with Crippen LogP contribution in [0.4, 0.5) is 0 Å². The van der Waals surface area contributed by atoms with Gasteiger partial charge in [0.05, 0.1) is 39.0 Å². The molecule has 1 aliphatic rings. The molecule has 0 bridgehead atoms. The van der Waals surface area contributed by atoms with Crippen LogP contribution in [0, 0.1) is 0 Å². The lowest BCUT2D eigenvalue weighted by atomic mass is 10.6. The Labute approximate surface area is 107 Å².